The fraction of sp³-hybridized carbons (Fsp3) is 0.342. The van der Waals surface area contributed by atoms with Crippen molar-refractivity contribution in [3.05, 3.63) is 83.9 Å². The number of piperazine rings is 1. The van der Waals surface area contributed by atoms with Gasteiger partial charge in [0, 0.05) is 79.8 Å². The van der Waals surface area contributed by atoms with E-state index in [2.05, 4.69) is 27.1 Å². The van der Waals surface area contributed by atoms with Crippen LogP contribution in [-0.2, 0) is 17.8 Å². The maximum Gasteiger partial charge on any atom is 0.420 e. The number of likely N-dealkylation sites (N-methyl/N-ethyl adjacent to an activating group) is 1. The molecule has 0 unspecified atom stereocenters. The van der Waals surface area contributed by atoms with Gasteiger partial charge < -0.3 is 34.2 Å². The SMILES string of the molecule is COc1ccc(CN2Cc3c(-c4cn(C(=O)OC(C)(C)C)c5ncccc45)ncc(Nc4ccc(N5CCN(C)CC5)cn4)c3C2=O)c(OC)c1. The van der Waals surface area contributed by atoms with Crippen molar-refractivity contribution in [1.82, 2.24) is 29.3 Å². The summed E-state index contributed by atoms with van der Waals surface area (Å²) in [5, 5.41) is 4.09. The highest BCUT2D eigenvalue weighted by atomic mass is 16.6. The average Bonchev–Trinajstić information content (AvgIpc) is 3.67. The zero-order valence-corrected chi connectivity index (χ0v) is 29.8. The van der Waals surface area contributed by atoms with E-state index in [4.69, 9.17) is 24.2 Å². The molecule has 5 aromatic rings. The van der Waals surface area contributed by atoms with E-state index < -0.39 is 11.7 Å². The Bertz CT molecular complexity index is 2100. The lowest BCUT2D eigenvalue weighted by Gasteiger charge is -2.33. The van der Waals surface area contributed by atoms with Crippen LogP contribution >= 0.6 is 0 Å². The molecule has 0 atom stereocenters. The van der Waals surface area contributed by atoms with Gasteiger partial charge in [0.2, 0.25) is 0 Å². The van der Waals surface area contributed by atoms with Crippen molar-refractivity contribution in [3.8, 4) is 22.8 Å². The molecule has 13 nitrogen and oxygen atoms in total. The first kappa shape index (κ1) is 33.8. The molecule has 13 heteroatoms. The number of benzene rings is 1. The van der Waals surface area contributed by atoms with Gasteiger partial charge in [0.1, 0.15) is 28.6 Å². The molecule has 0 radical (unpaired) electrons. The minimum atomic E-state index is -0.707. The van der Waals surface area contributed by atoms with E-state index in [0.29, 0.717) is 57.4 Å². The van der Waals surface area contributed by atoms with Gasteiger partial charge >= 0.3 is 6.09 Å². The molecule has 0 bridgehead atoms. The first-order valence-corrected chi connectivity index (χ1v) is 16.9. The lowest BCUT2D eigenvalue weighted by atomic mass is 10.0. The summed E-state index contributed by atoms with van der Waals surface area (Å²) in [6, 6.07) is 13.2. The Morgan fingerprint density at radius 1 is 0.961 bits per heavy atom. The first-order valence-electron chi connectivity index (χ1n) is 16.9. The minimum Gasteiger partial charge on any atom is -0.497 e. The van der Waals surface area contributed by atoms with Crippen LogP contribution in [0.3, 0.4) is 0 Å². The van der Waals surface area contributed by atoms with E-state index in [1.165, 1.54) is 4.57 Å². The Kier molecular flexibility index (Phi) is 8.98. The van der Waals surface area contributed by atoms with E-state index in [-0.39, 0.29) is 12.5 Å². The third-order valence-electron chi connectivity index (χ3n) is 9.17. The Morgan fingerprint density at radius 3 is 2.47 bits per heavy atom. The molecule has 1 saturated heterocycles. The quantitative estimate of drug-likeness (QED) is 0.208. The smallest absolute Gasteiger partial charge is 0.420 e. The summed E-state index contributed by atoms with van der Waals surface area (Å²) in [7, 11) is 5.33. The topological polar surface area (TPSA) is 127 Å². The predicted octanol–water partition coefficient (Wildman–Crippen LogP) is 5.95. The Balaban J connectivity index is 1.28. The summed E-state index contributed by atoms with van der Waals surface area (Å²) in [5.41, 5.74) is 4.60. The van der Waals surface area contributed by atoms with Crippen LogP contribution in [0.25, 0.3) is 22.3 Å². The summed E-state index contributed by atoms with van der Waals surface area (Å²) in [5.74, 6) is 1.70. The van der Waals surface area contributed by atoms with Crippen molar-refractivity contribution in [3.63, 3.8) is 0 Å². The van der Waals surface area contributed by atoms with E-state index in [0.717, 1.165) is 43.0 Å². The van der Waals surface area contributed by atoms with E-state index in [1.807, 2.05) is 63.4 Å². The highest BCUT2D eigenvalue weighted by Crippen LogP contribution is 2.40. The van der Waals surface area contributed by atoms with E-state index in [9.17, 15) is 9.59 Å². The zero-order chi connectivity index (χ0) is 35.9. The molecule has 2 aliphatic rings. The van der Waals surface area contributed by atoms with E-state index in [1.54, 1.807) is 43.8 Å². The fourth-order valence-electron chi connectivity index (χ4n) is 6.56. The molecular weight excluding hydrogens is 648 g/mol. The Hall–Kier alpha value is -5.69. The van der Waals surface area contributed by atoms with Gasteiger partial charge in [-0.15, -0.1) is 0 Å². The van der Waals surface area contributed by atoms with Gasteiger partial charge in [0.15, 0.2) is 0 Å². The number of amides is 1. The lowest BCUT2D eigenvalue weighted by molar-refractivity contribution is 0.0543. The summed E-state index contributed by atoms with van der Waals surface area (Å²) in [6.07, 6.45) is 6.29. The molecule has 1 fully saturated rings. The van der Waals surface area contributed by atoms with Crippen molar-refractivity contribution >= 4 is 40.2 Å². The third-order valence-corrected chi connectivity index (χ3v) is 9.17. The number of pyridine rings is 3. The number of carbonyl (C=O) groups excluding carboxylic acids is 2. The largest absolute Gasteiger partial charge is 0.497 e. The van der Waals surface area contributed by atoms with Crippen LogP contribution in [0.1, 0.15) is 42.3 Å². The van der Waals surface area contributed by atoms with Crippen LogP contribution < -0.4 is 19.7 Å². The molecule has 264 valence electrons. The van der Waals surface area contributed by atoms with Crippen molar-refractivity contribution in [1.29, 1.82) is 0 Å². The molecule has 2 aliphatic heterocycles. The van der Waals surface area contributed by atoms with Gasteiger partial charge in [0.05, 0.1) is 49.2 Å². The number of nitrogens with one attached hydrogen (secondary N) is 1. The van der Waals surface area contributed by atoms with Crippen LogP contribution in [-0.4, -0.2) is 94.4 Å². The number of hydrogen-bond donors (Lipinski definition) is 1. The summed E-state index contributed by atoms with van der Waals surface area (Å²) in [4.78, 5) is 48.3. The summed E-state index contributed by atoms with van der Waals surface area (Å²) < 4.78 is 18.2. The second-order valence-corrected chi connectivity index (χ2v) is 13.8. The minimum absolute atomic E-state index is 0.169. The van der Waals surface area contributed by atoms with Gasteiger partial charge in [-0.2, -0.15) is 0 Å². The zero-order valence-electron chi connectivity index (χ0n) is 29.8. The number of fused-ring (bicyclic) bond motifs is 2. The average molecular weight is 691 g/mol. The van der Waals surface area contributed by atoms with Crippen LogP contribution in [0, 0.1) is 0 Å². The second kappa shape index (κ2) is 13.6. The predicted molar refractivity (Wildman–Crippen MR) is 195 cm³/mol. The number of rotatable bonds is 8. The molecule has 0 spiro atoms. The lowest BCUT2D eigenvalue weighted by Crippen LogP contribution is -2.44. The van der Waals surface area contributed by atoms with Gasteiger partial charge in [0.25, 0.3) is 5.91 Å². The van der Waals surface area contributed by atoms with Crippen molar-refractivity contribution < 1.29 is 23.8 Å². The monoisotopic (exact) mass is 690 g/mol. The van der Waals surface area contributed by atoms with Gasteiger partial charge in [-0.1, -0.05) is 0 Å². The van der Waals surface area contributed by atoms with Crippen LogP contribution in [0.15, 0.2) is 67.3 Å². The van der Waals surface area contributed by atoms with Crippen molar-refractivity contribution in [2.24, 2.45) is 0 Å². The molecule has 0 aliphatic carbocycles. The molecule has 7 rings (SSSR count). The highest BCUT2D eigenvalue weighted by Gasteiger charge is 2.35. The Labute approximate surface area is 296 Å². The molecule has 1 amide bonds. The van der Waals surface area contributed by atoms with Crippen LogP contribution in [0.4, 0.5) is 22.0 Å². The molecule has 0 saturated carbocycles. The number of methoxy groups -OCH3 is 2. The summed E-state index contributed by atoms with van der Waals surface area (Å²) >= 11 is 0. The van der Waals surface area contributed by atoms with Crippen LogP contribution in [0.5, 0.6) is 11.5 Å². The number of carbonyl (C=O) groups is 2. The maximum absolute atomic E-state index is 14.4. The molecule has 6 heterocycles. The standard InChI is InChI=1S/C38H42N8O5/c1-38(2,3)51-37(48)46-23-28(27-8-7-13-39-35(27)46)34-29-22-45(21-24-9-11-26(49-5)18-31(24)50-6)36(47)33(29)30(20-41-34)42-32-12-10-25(19-40-32)44-16-14-43(4)15-17-44/h7-13,18-20,23H,14-17,21-22H2,1-6H3,(H,40,42). The number of anilines is 3. The van der Waals surface area contributed by atoms with Crippen LogP contribution in [0.2, 0.25) is 0 Å². The van der Waals surface area contributed by atoms with Gasteiger partial charge in [-0.25, -0.2) is 19.3 Å². The van der Waals surface area contributed by atoms with Crippen molar-refractivity contribution in [2.75, 3.05) is 57.7 Å². The fourth-order valence-corrected chi connectivity index (χ4v) is 6.56. The highest BCUT2D eigenvalue weighted by molar-refractivity contribution is 6.07. The van der Waals surface area contributed by atoms with Gasteiger partial charge in [-0.05, 0) is 64.2 Å². The molecule has 4 aromatic heterocycles. The summed E-state index contributed by atoms with van der Waals surface area (Å²) in [6.45, 7) is 9.89. The molecular formula is C38H42N8O5. The number of hydrogen-bond acceptors (Lipinski definition) is 11. The molecule has 51 heavy (non-hydrogen) atoms. The normalized spacial score (nSPS) is 14.9. The van der Waals surface area contributed by atoms with Gasteiger partial charge in [-0.3, -0.25) is 9.78 Å². The number of nitrogens with zero attached hydrogens (tertiary/aromatic N) is 7. The van der Waals surface area contributed by atoms with Crippen molar-refractivity contribution in [2.45, 2.75) is 39.5 Å². The van der Waals surface area contributed by atoms with E-state index >= 15 is 0 Å². The first-order chi connectivity index (χ1) is 24.5. The Morgan fingerprint density at radius 2 is 1.76 bits per heavy atom. The number of ether oxygens (including phenoxy) is 3. The maximum atomic E-state index is 14.4. The number of aromatic nitrogens is 4. The molecule has 1 aromatic carbocycles. The third kappa shape index (κ3) is 6.76. The molecule has 1 N–H and O–H groups in total. The second-order valence-electron chi connectivity index (χ2n) is 13.8.